The van der Waals surface area contributed by atoms with E-state index in [9.17, 15) is 8.42 Å². The molecule has 1 aromatic carbocycles. The molecular weight excluding hydrogens is 288 g/mol. The van der Waals surface area contributed by atoms with Gasteiger partial charge in [-0.3, -0.25) is 4.31 Å². The molecule has 2 rings (SSSR count). The van der Waals surface area contributed by atoms with Crippen LogP contribution in [-0.2, 0) is 14.8 Å². The Bertz CT molecular complexity index is 537. The van der Waals surface area contributed by atoms with Crippen molar-refractivity contribution in [2.75, 3.05) is 30.6 Å². The van der Waals surface area contributed by atoms with Gasteiger partial charge in [0.05, 0.1) is 10.9 Å². The van der Waals surface area contributed by atoms with Crippen molar-refractivity contribution in [1.29, 1.82) is 0 Å². The number of nitrogens with two attached hydrogens (primary N) is 1. The highest BCUT2D eigenvalue weighted by atomic mass is 32.2. The predicted octanol–water partition coefficient (Wildman–Crippen LogP) is 1.66. The predicted molar refractivity (Wildman–Crippen MR) is 85.0 cm³/mol. The van der Waals surface area contributed by atoms with Crippen molar-refractivity contribution in [3.05, 3.63) is 29.8 Å². The Labute approximate surface area is 127 Å². The molecule has 1 aromatic rings. The normalized spacial score (nSPS) is 16.9. The van der Waals surface area contributed by atoms with Crippen LogP contribution in [0.2, 0.25) is 0 Å². The van der Waals surface area contributed by atoms with E-state index in [1.165, 1.54) is 4.31 Å². The molecule has 5 nitrogen and oxygen atoms in total. The minimum Gasteiger partial charge on any atom is -0.381 e. The molecule has 6 heteroatoms. The number of hydrogen-bond donors (Lipinski definition) is 1. The van der Waals surface area contributed by atoms with Crippen molar-refractivity contribution in [1.82, 2.24) is 0 Å². The molecule has 0 radical (unpaired) electrons. The molecule has 1 aliphatic heterocycles. The monoisotopic (exact) mass is 312 g/mol. The molecule has 0 bridgehead atoms. The van der Waals surface area contributed by atoms with Crippen LogP contribution in [0.1, 0.15) is 24.8 Å². The zero-order valence-electron chi connectivity index (χ0n) is 12.5. The van der Waals surface area contributed by atoms with E-state index in [2.05, 4.69) is 0 Å². The number of ether oxygens (including phenoxy) is 1. The largest absolute Gasteiger partial charge is 0.381 e. The van der Waals surface area contributed by atoms with Crippen LogP contribution in [0, 0.1) is 6.92 Å². The SMILES string of the molecule is Cc1ccc(N(CCCN)S(=O)(=O)C2CCOCC2)cc1. The lowest BCUT2D eigenvalue weighted by Crippen LogP contribution is -2.42. The highest BCUT2D eigenvalue weighted by Crippen LogP contribution is 2.26. The first-order chi connectivity index (χ1) is 10.1. The van der Waals surface area contributed by atoms with Gasteiger partial charge >= 0.3 is 0 Å². The lowest BCUT2D eigenvalue weighted by atomic mass is 10.2. The Kier molecular flexibility index (Phi) is 5.61. The Morgan fingerprint density at radius 2 is 1.86 bits per heavy atom. The maximum absolute atomic E-state index is 12.9. The summed E-state index contributed by atoms with van der Waals surface area (Å²) in [5.41, 5.74) is 7.39. The number of benzene rings is 1. The van der Waals surface area contributed by atoms with E-state index >= 15 is 0 Å². The van der Waals surface area contributed by atoms with E-state index in [-0.39, 0.29) is 5.25 Å². The second-order valence-electron chi connectivity index (χ2n) is 5.41. The Balaban J connectivity index is 2.27. The van der Waals surface area contributed by atoms with Crippen molar-refractivity contribution >= 4 is 15.7 Å². The molecule has 0 saturated carbocycles. The fraction of sp³-hybridized carbons (Fsp3) is 0.600. The lowest BCUT2D eigenvalue weighted by molar-refractivity contribution is 0.0983. The highest BCUT2D eigenvalue weighted by Gasteiger charge is 2.33. The van der Waals surface area contributed by atoms with Gasteiger partial charge in [0.15, 0.2) is 0 Å². The van der Waals surface area contributed by atoms with E-state index < -0.39 is 10.0 Å². The van der Waals surface area contributed by atoms with Crippen LogP contribution in [0.5, 0.6) is 0 Å². The van der Waals surface area contributed by atoms with Crippen LogP contribution in [0.3, 0.4) is 0 Å². The van der Waals surface area contributed by atoms with Crippen molar-refractivity contribution in [3.63, 3.8) is 0 Å². The summed E-state index contributed by atoms with van der Waals surface area (Å²) in [7, 11) is -3.36. The van der Waals surface area contributed by atoms with Crippen molar-refractivity contribution in [3.8, 4) is 0 Å². The first kappa shape index (κ1) is 16.3. The molecule has 21 heavy (non-hydrogen) atoms. The van der Waals surface area contributed by atoms with E-state index in [4.69, 9.17) is 10.5 Å². The third-order valence-corrected chi connectivity index (χ3v) is 6.11. The number of aryl methyl sites for hydroxylation is 1. The molecule has 1 heterocycles. The topological polar surface area (TPSA) is 72.6 Å². The Hall–Kier alpha value is -1.11. The van der Waals surface area contributed by atoms with Crippen molar-refractivity contribution < 1.29 is 13.2 Å². The molecule has 2 N–H and O–H groups in total. The molecule has 0 unspecified atom stereocenters. The molecule has 1 saturated heterocycles. The molecule has 1 aliphatic rings. The zero-order valence-corrected chi connectivity index (χ0v) is 13.3. The summed E-state index contributed by atoms with van der Waals surface area (Å²) in [5, 5.41) is -0.356. The van der Waals surface area contributed by atoms with Crippen LogP contribution in [0.4, 0.5) is 5.69 Å². The van der Waals surface area contributed by atoms with Gasteiger partial charge in [-0.25, -0.2) is 8.42 Å². The summed E-state index contributed by atoms with van der Waals surface area (Å²) < 4.78 is 32.6. The maximum Gasteiger partial charge on any atom is 0.238 e. The number of sulfonamides is 1. The second-order valence-corrected chi connectivity index (χ2v) is 7.54. The summed E-state index contributed by atoms with van der Waals surface area (Å²) in [6, 6.07) is 7.60. The number of hydrogen-bond acceptors (Lipinski definition) is 4. The minimum absolute atomic E-state index is 0.356. The maximum atomic E-state index is 12.9. The summed E-state index contributed by atoms with van der Waals surface area (Å²) in [4.78, 5) is 0. The minimum atomic E-state index is -3.36. The second kappa shape index (κ2) is 7.24. The lowest BCUT2D eigenvalue weighted by Gasteiger charge is -2.31. The van der Waals surface area contributed by atoms with E-state index in [1.54, 1.807) is 0 Å². The fourth-order valence-electron chi connectivity index (χ4n) is 2.50. The quantitative estimate of drug-likeness (QED) is 0.867. The van der Waals surface area contributed by atoms with Crippen molar-refractivity contribution in [2.24, 2.45) is 5.73 Å². The smallest absolute Gasteiger partial charge is 0.238 e. The molecule has 0 amide bonds. The summed E-state index contributed by atoms with van der Waals surface area (Å²) in [6.07, 6.45) is 1.77. The molecule has 0 atom stereocenters. The highest BCUT2D eigenvalue weighted by molar-refractivity contribution is 7.93. The number of anilines is 1. The first-order valence-corrected chi connectivity index (χ1v) is 8.92. The summed E-state index contributed by atoms with van der Waals surface area (Å²) in [6.45, 7) is 3.93. The molecule has 0 aliphatic carbocycles. The van der Waals surface area contributed by atoms with Gasteiger partial charge in [-0.15, -0.1) is 0 Å². The molecule has 1 fully saturated rings. The van der Waals surface area contributed by atoms with Crippen LogP contribution < -0.4 is 10.0 Å². The number of rotatable bonds is 6. The van der Waals surface area contributed by atoms with Crippen LogP contribution in [-0.4, -0.2) is 40.0 Å². The first-order valence-electron chi connectivity index (χ1n) is 7.41. The van der Waals surface area contributed by atoms with Crippen LogP contribution in [0.25, 0.3) is 0 Å². The third-order valence-electron chi connectivity index (χ3n) is 3.78. The van der Waals surface area contributed by atoms with Gasteiger partial charge in [0.1, 0.15) is 0 Å². The zero-order chi connectivity index (χ0) is 15.3. The fourth-order valence-corrected chi connectivity index (χ4v) is 4.45. The van der Waals surface area contributed by atoms with Crippen LogP contribution in [0.15, 0.2) is 24.3 Å². The van der Waals surface area contributed by atoms with Gasteiger partial charge in [-0.05, 0) is 44.9 Å². The average molecular weight is 312 g/mol. The summed E-state index contributed by atoms with van der Waals surface area (Å²) in [5.74, 6) is 0. The number of nitrogens with zero attached hydrogens (tertiary/aromatic N) is 1. The Morgan fingerprint density at radius 1 is 1.24 bits per heavy atom. The summed E-state index contributed by atoms with van der Waals surface area (Å²) >= 11 is 0. The van der Waals surface area contributed by atoms with Gasteiger partial charge < -0.3 is 10.5 Å². The average Bonchev–Trinajstić information content (AvgIpc) is 2.50. The van der Waals surface area contributed by atoms with Gasteiger partial charge in [-0.1, -0.05) is 17.7 Å². The molecule has 118 valence electrons. The van der Waals surface area contributed by atoms with Gasteiger partial charge in [0.2, 0.25) is 10.0 Å². The third kappa shape index (κ3) is 3.96. The van der Waals surface area contributed by atoms with Gasteiger partial charge in [0.25, 0.3) is 0 Å². The van der Waals surface area contributed by atoms with Gasteiger partial charge in [0, 0.05) is 19.8 Å². The molecule has 0 spiro atoms. The van der Waals surface area contributed by atoms with E-state index in [0.717, 1.165) is 11.3 Å². The van der Waals surface area contributed by atoms with Crippen LogP contribution >= 0.6 is 0 Å². The van der Waals surface area contributed by atoms with Crippen molar-refractivity contribution in [2.45, 2.75) is 31.4 Å². The standard InChI is InChI=1S/C15H24N2O3S/c1-13-3-5-14(6-4-13)17(10-2-9-16)21(18,19)15-7-11-20-12-8-15/h3-6,15H,2,7-12,16H2,1H3. The molecule has 0 aromatic heterocycles. The Morgan fingerprint density at radius 3 is 2.43 bits per heavy atom. The van der Waals surface area contributed by atoms with E-state index in [1.807, 2.05) is 31.2 Å². The van der Waals surface area contributed by atoms with Gasteiger partial charge in [-0.2, -0.15) is 0 Å². The molecular formula is C15H24N2O3S. The van der Waals surface area contributed by atoms with E-state index in [0.29, 0.717) is 45.6 Å².